The number of benzene rings is 2. The van der Waals surface area contributed by atoms with Crippen molar-refractivity contribution in [2.45, 2.75) is 33.1 Å². The molecule has 2 fully saturated rings. The van der Waals surface area contributed by atoms with Gasteiger partial charge < -0.3 is 9.64 Å². The van der Waals surface area contributed by atoms with Crippen LogP contribution in [0.2, 0.25) is 0 Å². The molecule has 30 heavy (non-hydrogen) atoms. The molecule has 0 aromatic heterocycles. The third-order valence-electron chi connectivity index (χ3n) is 5.47. The fourth-order valence-electron chi connectivity index (χ4n) is 3.93. The molecule has 2 heterocycles. The lowest BCUT2D eigenvalue weighted by atomic mass is 10.1. The summed E-state index contributed by atoms with van der Waals surface area (Å²) in [5, 5.41) is 0. The van der Waals surface area contributed by atoms with E-state index in [9.17, 15) is 19.2 Å². The van der Waals surface area contributed by atoms with Gasteiger partial charge in [0.15, 0.2) is 0 Å². The Morgan fingerprint density at radius 2 is 1.60 bits per heavy atom. The predicted molar refractivity (Wildman–Crippen MR) is 110 cm³/mol. The Morgan fingerprint density at radius 3 is 2.23 bits per heavy atom. The highest BCUT2D eigenvalue weighted by Crippen LogP contribution is 2.30. The Morgan fingerprint density at radius 1 is 0.933 bits per heavy atom. The van der Waals surface area contributed by atoms with E-state index in [1.54, 1.807) is 29.2 Å². The molecule has 1 atom stereocenters. The molecule has 0 radical (unpaired) electrons. The minimum Gasteiger partial charge on any atom is -0.426 e. The second kappa shape index (κ2) is 7.74. The van der Waals surface area contributed by atoms with Gasteiger partial charge in [-0.3, -0.25) is 24.1 Å². The van der Waals surface area contributed by atoms with Crippen LogP contribution in [0.3, 0.4) is 0 Å². The van der Waals surface area contributed by atoms with Crippen LogP contribution in [0.25, 0.3) is 0 Å². The van der Waals surface area contributed by atoms with Crippen molar-refractivity contribution in [3.63, 3.8) is 0 Å². The van der Waals surface area contributed by atoms with Crippen LogP contribution >= 0.6 is 0 Å². The van der Waals surface area contributed by atoms with Crippen molar-refractivity contribution in [3.8, 4) is 5.75 Å². The highest BCUT2D eigenvalue weighted by Gasteiger charge is 2.37. The van der Waals surface area contributed by atoms with Gasteiger partial charge in [0.1, 0.15) is 5.75 Å². The maximum Gasteiger partial charge on any atom is 0.316 e. The molecule has 2 aliphatic heterocycles. The number of carbonyl (C=O) groups is 4. The van der Waals surface area contributed by atoms with E-state index >= 15 is 0 Å². The molecule has 0 spiro atoms. The quantitative estimate of drug-likeness (QED) is 0.443. The van der Waals surface area contributed by atoms with Crippen molar-refractivity contribution in [2.24, 2.45) is 5.92 Å². The first-order chi connectivity index (χ1) is 14.3. The smallest absolute Gasteiger partial charge is 0.316 e. The van der Waals surface area contributed by atoms with Gasteiger partial charge in [-0.25, -0.2) is 0 Å². The Labute approximate surface area is 174 Å². The van der Waals surface area contributed by atoms with E-state index in [4.69, 9.17) is 4.74 Å². The molecule has 0 saturated carbocycles. The summed E-state index contributed by atoms with van der Waals surface area (Å²) < 4.78 is 5.45. The molecule has 2 saturated heterocycles. The third-order valence-corrected chi connectivity index (χ3v) is 5.47. The Hall–Kier alpha value is -3.48. The summed E-state index contributed by atoms with van der Waals surface area (Å²) >= 11 is 0. The number of aryl methyl sites for hydroxylation is 2. The zero-order chi connectivity index (χ0) is 21.4. The van der Waals surface area contributed by atoms with Gasteiger partial charge in [0.2, 0.25) is 17.7 Å². The third kappa shape index (κ3) is 3.70. The second-order valence-electron chi connectivity index (χ2n) is 7.73. The van der Waals surface area contributed by atoms with Gasteiger partial charge in [0, 0.05) is 31.5 Å². The average molecular weight is 406 g/mol. The van der Waals surface area contributed by atoms with Crippen LogP contribution in [0, 0.1) is 19.8 Å². The van der Waals surface area contributed by atoms with Gasteiger partial charge in [-0.15, -0.1) is 0 Å². The highest BCUT2D eigenvalue weighted by atomic mass is 16.5. The van der Waals surface area contributed by atoms with Crippen LogP contribution in [-0.2, 0) is 19.2 Å². The Balaban J connectivity index is 1.42. The van der Waals surface area contributed by atoms with E-state index in [2.05, 4.69) is 0 Å². The van der Waals surface area contributed by atoms with Gasteiger partial charge >= 0.3 is 5.97 Å². The minimum absolute atomic E-state index is 0.0982. The number of nitrogens with zero attached hydrogens (tertiary/aromatic N) is 2. The highest BCUT2D eigenvalue weighted by molar-refractivity contribution is 6.19. The molecule has 0 N–H and O–H groups in total. The van der Waals surface area contributed by atoms with Gasteiger partial charge in [0.05, 0.1) is 11.6 Å². The lowest BCUT2D eigenvalue weighted by molar-refractivity contribution is -0.139. The number of anilines is 2. The molecule has 4 rings (SSSR count). The number of carbonyl (C=O) groups excluding carboxylic acids is 4. The van der Waals surface area contributed by atoms with Crippen molar-refractivity contribution in [2.75, 3.05) is 16.3 Å². The molecule has 0 unspecified atom stereocenters. The van der Waals surface area contributed by atoms with Gasteiger partial charge in [-0.2, -0.15) is 0 Å². The number of amides is 3. The molecule has 7 heteroatoms. The number of ether oxygens (including phenoxy) is 1. The molecule has 3 amide bonds. The fraction of sp³-hybridized carbons (Fsp3) is 0.304. The van der Waals surface area contributed by atoms with Gasteiger partial charge in [-0.05, 0) is 49.7 Å². The van der Waals surface area contributed by atoms with E-state index in [1.807, 2.05) is 32.0 Å². The molecule has 2 aliphatic rings. The largest absolute Gasteiger partial charge is 0.426 e. The summed E-state index contributed by atoms with van der Waals surface area (Å²) in [6.07, 6.45) is 0.519. The Bertz CT molecular complexity index is 1030. The van der Waals surface area contributed by atoms with Gasteiger partial charge in [-0.1, -0.05) is 17.7 Å². The summed E-state index contributed by atoms with van der Waals surface area (Å²) in [7, 11) is 0. The fourth-order valence-corrected chi connectivity index (χ4v) is 3.93. The first-order valence-corrected chi connectivity index (χ1v) is 9.88. The van der Waals surface area contributed by atoms with Crippen molar-refractivity contribution in [1.29, 1.82) is 0 Å². The summed E-state index contributed by atoms with van der Waals surface area (Å²) in [5.41, 5.74) is 3.36. The lowest BCUT2D eigenvalue weighted by Crippen LogP contribution is -2.28. The molecular formula is C23H22N2O5. The summed E-state index contributed by atoms with van der Waals surface area (Å²) in [4.78, 5) is 51.5. The van der Waals surface area contributed by atoms with Crippen LogP contribution < -0.4 is 14.5 Å². The molecular weight excluding hydrogens is 384 g/mol. The molecule has 154 valence electrons. The molecule has 0 aliphatic carbocycles. The molecule has 2 aromatic carbocycles. The second-order valence-corrected chi connectivity index (χ2v) is 7.73. The summed E-state index contributed by atoms with van der Waals surface area (Å²) in [5.74, 6) is -1.30. The van der Waals surface area contributed by atoms with E-state index < -0.39 is 11.9 Å². The van der Waals surface area contributed by atoms with Crippen LogP contribution in [0.5, 0.6) is 5.75 Å². The Kier molecular flexibility index (Phi) is 5.11. The topological polar surface area (TPSA) is 84.0 Å². The van der Waals surface area contributed by atoms with Gasteiger partial charge in [0.25, 0.3) is 0 Å². The first kappa shape index (κ1) is 19.8. The zero-order valence-corrected chi connectivity index (χ0v) is 16.9. The first-order valence-electron chi connectivity index (χ1n) is 9.88. The van der Waals surface area contributed by atoms with Crippen LogP contribution in [0.1, 0.15) is 30.4 Å². The van der Waals surface area contributed by atoms with Crippen LogP contribution in [-0.4, -0.2) is 30.2 Å². The summed E-state index contributed by atoms with van der Waals surface area (Å²) in [6.45, 7) is 4.21. The zero-order valence-electron chi connectivity index (χ0n) is 16.9. The number of hydrogen-bond donors (Lipinski definition) is 0. The van der Waals surface area contributed by atoms with Crippen LogP contribution in [0.4, 0.5) is 11.4 Å². The van der Waals surface area contributed by atoms with Crippen molar-refractivity contribution >= 4 is 35.1 Å². The lowest BCUT2D eigenvalue weighted by Gasteiger charge is -2.19. The number of rotatable bonds is 4. The van der Waals surface area contributed by atoms with E-state index in [1.165, 1.54) is 0 Å². The number of imide groups is 1. The maximum absolute atomic E-state index is 12.6. The van der Waals surface area contributed by atoms with Crippen LogP contribution in [0.15, 0.2) is 42.5 Å². The van der Waals surface area contributed by atoms with Crippen molar-refractivity contribution < 1.29 is 23.9 Å². The maximum atomic E-state index is 12.6. The van der Waals surface area contributed by atoms with Crippen molar-refractivity contribution in [3.05, 3.63) is 53.6 Å². The predicted octanol–water partition coefficient (Wildman–Crippen LogP) is 2.92. The van der Waals surface area contributed by atoms with E-state index in [0.717, 1.165) is 21.7 Å². The van der Waals surface area contributed by atoms with Crippen molar-refractivity contribution in [1.82, 2.24) is 0 Å². The van der Waals surface area contributed by atoms with E-state index in [-0.39, 0.29) is 43.5 Å². The standard InChI is InChI=1S/C23H22N2O5/c1-14-3-8-19(15(2)11-14)24-13-16(12-22(24)28)23(29)30-18-6-4-17(5-7-18)25-20(26)9-10-21(25)27/h3-8,11,16H,9-10,12-13H2,1-2H3/t16-/m0/s1. The summed E-state index contributed by atoms with van der Waals surface area (Å²) in [6, 6.07) is 12.1. The molecule has 7 nitrogen and oxygen atoms in total. The normalized spacial score (nSPS) is 19.0. The number of hydrogen-bond acceptors (Lipinski definition) is 5. The minimum atomic E-state index is -0.556. The molecule has 0 bridgehead atoms. The van der Waals surface area contributed by atoms with E-state index in [0.29, 0.717) is 11.4 Å². The SMILES string of the molecule is Cc1ccc(N2C[C@@H](C(=O)Oc3ccc(N4C(=O)CCC4=O)cc3)CC2=O)c(C)c1. The monoisotopic (exact) mass is 406 g/mol. The molecule has 2 aromatic rings. The average Bonchev–Trinajstić information content (AvgIpc) is 3.25. The number of esters is 1.